The van der Waals surface area contributed by atoms with Gasteiger partial charge in [-0.2, -0.15) is 13.5 Å². The van der Waals surface area contributed by atoms with E-state index in [1.165, 1.54) is 33.2 Å². The first kappa shape index (κ1) is 22.4. The van der Waals surface area contributed by atoms with Gasteiger partial charge in [0.1, 0.15) is 0 Å². The van der Waals surface area contributed by atoms with Gasteiger partial charge >= 0.3 is 0 Å². The van der Waals surface area contributed by atoms with Crippen LogP contribution in [0.3, 0.4) is 0 Å². The molecule has 1 unspecified atom stereocenters. The second kappa shape index (κ2) is 9.39. The standard InChI is InChI=1S/C27H29N3O.H2S/c1-17-5-3-8-22-20(16-29-26(17)22)7-4-6-19-9-10-21(15-18(19)2)30-24-13-14-28-27-23(24)11-12-25(27)31;/h3,5,8-10,13-16,25,29,31H,4,6-7,11-12H2,1-2H3,(H,28,30);1H2. The maximum absolute atomic E-state index is 10.1. The van der Waals surface area contributed by atoms with Crippen molar-refractivity contribution >= 4 is 35.8 Å². The molecule has 0 aliphatic heterocycles. The van der Waals surface area contributed by atoms with Crippen LogP contribution in [0.25, 0.3) is 10.9 Å². The molecule has 2 aromatic carbocycles. The number of nitrogens with one attached hydrogen (secondary N) is 2. The molecule has 4 nitrogen and oxygen atoms in total. The number of hydrogen-bond acceptors (Lipinski definition) is 3. The van der Waals surface area contributed by atoms with E-state index in [2.05, 4.69) is 71.7 Å². The number of aryl methyl sites for hydroxylation is 4. The molecule has 1 aliphatic rings. The lowest BCUT2D eigenvalue weighted by Crippen LogP contribution is -2.00. The van der Waals surface area contributed by atoms with Crippen LogP contribution in [0.5, 0.6) is 0 Å². The molecule has 3 N–H and O–H groups in total. The van der Waals surface area contributed by atoms with E-state index in [4.69, 9.17) is 0 Å². The number of para-hydroxylation sites is 1. The largest absolute Gasteiger partial charge is 0.387 e. The molecule has 1 aliphatic carbocycles. The van der Waals surface area contributed by atoms with Crippen LogP contribution in [0.2, 0.25) is 0 Å². The van der Waals surface area contributed by atoms with Gasteiger partial charge in [0.2, 0.25) is 0 Å². The Kier molecular flexibility index (Phi) is 6.58. The molecule has 166 valence electrons. The van der Waals surface area contributed by atoms with Crippen molar-refractivity contribution in [2.24, 2.45) is 0 Å². The highest BCUT2D eigenvalue weighted by molar-refractivity contribution is 7.59. The lowest BCUT2D eigenvalue weighted by molar-refractivity contribution is 0.176. The molecule has 2 heterocycles. The lowest BCUT2D eigenvalue weighted by Gasteiger charge is -2.13. The van der Waals surface area contributed by atoms with Gasteiger partial charge < -0.3 is 15.4 Å². The first-order valence-electron chi connectivity index (χ1n) is 11.2. The number of hydrogen-bond donors (Lipinski definition) is 3. The number of H-pyrrole nitrogens is 1. The average molecular weight is 446 g/mol. The smallest absolute Gasteiger partial charge is 0.0966 e. The van der Waals surface area contributed by atoms with Gasteiger partial charge in [0.05, 0.1) is 11.8 Å². The fourth-order valence-corrected chi connectivity index (χ4v) is 4.84. The minimum absolute atomic E-state index is 0. The molecule has 0 saturated carbocycles. The molecule has 2 aromatic heterocycles. The highest BCUT2D eigenvalue weighted by atomic mass is 32.1. The molecule has 4 aromatic rings. The third-order valence-electron chi connectivity index (χ3n) is 6.60. The normalized spacial score (nSPS) is 14.9. The van der Waals surface area contributed by atoms with Gasteiger partial charge in [0.25, 0.3) is 0 Å². The summed E-state index contributed by atoms with van der Waals surface area (Å²) >= 11 is 0. The fraction of sp³-hybridized carbons (Fsp3) is 0.296. The molecule has 5 rings (SSSR count). The Labute approximate surface area is 196 Å². The van der Waals surface area contributed by atoms with Crippen LogP contribution < -0.4 is 5.32 Å². The van der Waals surface area contributed by atoms with Gasteiger partial charge in [0.15, 0.2) is 0 Å². The topological polar surface area (TPSA) is 60.9 Å². The summed E-state index contributed by atoms with van der Waals surface area (Å²) in [6, 6.07) is 15.1. The van der Waals surface area contributed by atoms with E-state index in [0.29, 0.717) is 0 Å². The fourth-order valence-electron chi connectivity index (χ4n) is 4.84. The summed E-state index contributed by atoms with van der Waals surface area (Å²) in [6.07, 6.45) is 8.43. The Balaban J connectivity index is 0.00000245. The van der Waals surface area contributed by atoms with E-state index in [-0.39, 0.29) is 13.5 Å². The molecule has 0 radical (unpaired) electrons. The number of fused-ring (bicyclic) bond motifs is 2. The van der Waals surface area contributed by atoms with Crippen molar-refractivity contribution in [3.8, 4) is 0 Å². The summed E-state index contributed by atoms with van der Waals surface area (Å²) in [7, 11) is 0. The van der Waals surface area contributed by atoms with Gasteiger partial charge in [-0.3, -0.25) is 4.98 Å². The third kappa shape index (κ3) is 4.27. The maximum Gasteiger partial charge on any atom is 0.0966 e. The molecule has 0 amide bonds. The SMILES string of the molecule is Cc1cc(Nc2ccnc3c2CCC3O)ccc1CCCc1c[nH]c2c(C)cccc12.S. The average Bonchev–Trinajstić information content (AvgIpc) is 3.35. The highest BCUT2D eigenvalue weighted by Gasteiger charge is 2.24. The van der Waals surface area contributed by atoms with Crippen LogP contribution in [0.15, 0.2) is 54.9 Å². The number of aromatic nitrogens is 2. The molecule has 1 atom stereocenters. The molecular formula is C27H31N3OS. The monoisotopic (exact) mass is 445 g/mol. The summed E-state index contributed by atoms with van der Waals surface area (Å²) < 4.78 is 0. The zero-order valence-electron chi connectivity index (χ0n) is 18.7. The van der Waals surface area contributed by atoms with Gasteiger partial charge in [0, 0.05) is 34.7 Å². The van der Waals surface area contributed by atoms with Crippen molar-refractivity contribution in [1.29, 1.82) is 0 Å². The van der Waals surface area contributed by atoms with Gasteiger partial charge in [-0.05, 0) is 92.0 Å². The number of rotatable bonds is 6. The lowest BCUT2D eigenvalue weighted by atomic mass is 9.99. The summed E-state index contributed by atoms with van der Waals surface area (Å²) in [5.74, 6) is 0. The van der Waals surface area contributed by atoms with Crippen molar-refractivity contribution in [3.63, 3.8) is 0 Å². The molecular weight excluding hydrogens is 414 g/mol. The van der Waals surface area contributed by atoms with Crippen LogP contribution in [0, 0.1) is 13.8 Å². The Morgan fingerprint density at radius 2 is 1.91 bits per heavy atom. The Morgan fingerprint density at radius 1 is 1.06 bits per heavy atom. The van der Waals surface area contributed by atoms with Crippen LogP contribution in [0.1, 0.15) is 52.5 Å². The van der Waals surface area contributed by atoms with Crippen LogP contribution in [-0.4, -0.2) is 15.1 Å². The highest BCUT2D eigenvalue weighted by Crippen LogP contribution is 2.35. The first-order chi connectivity index (χ1) is 15.1. The Morgan fingerprint density at radius 3 is 2.75 bits per heavy atom. The van der Waals surface area contributed by atoms with Crippen molar-refractivity contribution < 1.29 is 5.11 Å². The quantitative estimate of drug-likeness (QED) is 0.332. The summed E-state index contributed by atoms with van der Waals surface area (Å²) in [5.41, 5.74) is 10.8. The predicted octanol–water partition coefficient (Wildman–Crippen LogP) is 6.19. The van der Waals surface area contributed by atoms with Gasteiger partial charge in [-0.25, -0.2) is 0 Å². The zero-order chi connectivity index (χ0) is 21.4. The molecule has 0 bridgehead atoms. The first-order valence-corrected chi connectivity index (χ1v) is 11.2. The van der Waals surface area contributed by atoms with Crippen LogP contribution in [0.4, 0.5) is 11.4 Å². The van der Waals surface area contributed by atoms with Gasteiger partial charge in [-0.15, -0.1) is 0 Å². The number of aliphatic hydroxyl groups is 1. The number of aliphatic hydroxyl groups excluding tert-OH is 1. The predicted molar refractivity (Wildman–Crippen MR) is 137 cm³/mol. The summed E-state index contributed by atoms with van der Waals surface area (Å²) in [4.78, 5) is 7.80. The molecule has 5 heteroatoms. The number of pyridine rings is 1. The van der Waals surface area contributed by atoms with E-state index in [9.17, 15) is 5.11 Å². The molecule has 0 saturated heterocycles. The van der Waals surface area contributed by atoms with E-state index in [1.807, 2.05) is 6.07 Å². The minimum Gasteiger partial charge on any atom is -0.387 e. The maximum atomic E-state index is 10.1. The zero-order valence-corrected chi connectivity index (χ0v) is 19.7. The van der Waals surface area contributed by atoms with E-state index >= 15 is 0 Å². The van der Waals surface area contributed by atoms with E-state index < -0.39 is 6.10 Å². The van der Waals surface area contributed by atoms with Crippen molar-refractivity contribution in [3.05, 3.63) is 88.4 Å². The number of anilines is 2. The van der Waals surface area contributed by atoms with Gasteiger partial charge in [-0.1, -0.05) is 24.3 Å². The van der Waals surface area contributed by atoms with E-state index in [0.717, 1.165) is 54.7 Å². The van der Waals surface area contributed by atoms with Crippen molar-refractivity contribution in [2.45, 2.75) is 52.1 Å². The number of benzene rings is 2. The van der Waals surface area contributed by atoms with Crippen molar-refractivity contribution in [1.82, 2.24) is 9.97 Å². The summed E-state index contributed by atoms with van der Waals surface area (Å²) in [6.45, 7) is 4.35. The van der Waals surface area contributed by atoms with Crippen LogP contribution in [-0.2, 0) is 19.3 Å². The third-order valence-corrected chi connectivity index (χ3v) is 6.60. The molecule has 0 spiro atoms. The van der Waals surface area contributed by atoms with E-state index in [1.54, 1.807) is 6.20 Å². The second-order valence-corrected chi connectivity index (χ2v) is 8.71. The van der Waals surface area contributed by atoms with Crippen molar-refractivity contribution in [2.75, 3.05) is 5.32 Å². The minimum atomic E-state index is -0.429. The summed E-state index contributed by atoms with van der Waals surface area (Å²) in [5, 5.41) is 15.0. The second-order valence-electron chi connectivity index (χ2n) is 8.71. The van der Waals surface area contributed by atoms with Crippen LogP contribution >= 0.6 is 13.5 Å². The Bertz CT molecular complexity index is 1250. The molecule has 0 fully saturated rings. The number of aromatic amines is 1. The number of nitrogens with zero attached hydrogens (tertiary/aromatic N) is 1. The Hall–Kier alpha value is -2.76. The molecule has 32 heavy (non-hydrogen) atoms.